The Labute approximate surface area is 197 Å². The summed E-state index contributed by atoms with van der Waals surface area (Å²) < 4.78 is 12.6. The third kappa shape index (κ3) is 4.20. The number of nitrogens with one attached hydrogen (secondary N) is 1. The molecule has 4 aromatic rings. The van der Waals surface area contributed by atoms with Crippen LogP contribution in [-0.4, -0.2) is 63.5 Å². The summed E-state index contributed by atoms with van der Waals surface area (Å²) in [6, 6.07) is 13.5. The van der Waals surface area contributed by atoms with Crippen molar-refractivity contribution in [1.29, 1.82) is 0 Å². The fraction of sp³-hybridized carbons (Fsp3) is 0.360. The number of rotatable bonds is 6. The van der Waals surface area contributed by atoms with Gasteiger partial charge in [-0.15, -0.1) is 5.10 Å². The normalized spacial score (nSPS) is 15.5. The van der Waals surface area contributed by atoms with Crippen LogP contribution in [0.4, 0.5) is 0 Å². The summed E-state index contributed by atoms with van der Waals surface area (Å²) in [5.74, 6) is 1.42. The summed E-state index contributed by atoms with van der Waals surface area (Å²) in [5.41, 5.74) is 4.62. The van der Waals surface area contributed by atoms with Crippen molar-refractivity contribution in [2.75, 3.05) is 33.4 Å². The molecule has 3 heterocycles. The number of ether oxygens (including phenoxy) is 2. The Morgan fingerprint density at radius 3 is 2.62 bits per heavy atom. The van der Waals surface area contributed by atoms with E-state index in [4.69, 9.17) is 9.47 Å². The third-order valence-electron chi connectivity index (χ3n) is 6.58. The van der Waals surface area contributed by atoms with Crippen molar-refractivity contribution in [1.82, 2.24) is 30.1 Å². The Balaban J connectivity index is 1.59. The second-order valence-electron chi connectivity index (χ2n) is 8.62. The molecule has 9 nitrogen and oxygen atoms in total. The van der Waals surface area contributed by atoms with Crippen molar-refractivity contribution in [2.45, 2.75) is 26.4 Å². The molecule has 0 spiro atoms. The van der Waals surface area contributed by atoms with Gasteiger partial charge in [0.2, 0.25) is 0 Å². The number of hydrogen-bond donors (Lipinski definition) is 1. The van der Waals surface area contributed by atoms with Gasteiger partial charge in [0, 0.05) is 18.7 Å². The molecular formula is C25H28N6O3. The van der Waals surface area contributed by atoms with E-state index in [0.29, 0.717) is 44.2 Å². The Bertz CT molecular complexity index is 1360. The zero-order valence-corrected chi connectivity index (χ0v) is 19.6. The Morgan fingerprint density at radius 2 is 1.88 bits per heavy atom. The van der Waals surface area contributed by atoms with E-state index in [1.165, 1.54) is 0 Å². The summed E-state index contributed by atoms with van der Waals surface area (Å²) in [4.78, 5) is 18.8. The smallest absolute Gasteiger partial charge is 0.253 e. The second kappa shape index (κ2) is 9.36. The molecule has 1 aliphatic rings. The lowest BCUT2D eigenvalue weighted by molar-refractivity contribution is 0.0214. The molecule has 176 valence electrons. The molecule has 34 heavy (non-hydrogen) atoms. The molecule has 0 unspecified atom stereocenters. The van der Waals surface area contributed by atoms with Crippen molar-refractivity contribution in [3.8, 4) is 5.75 Å². The van der Waals surface area contributed by atoms with Crippen LogP contribution in [0.3, 0.4) is 0 Å². The van der Waals surface area contributed by atoms with Crippen molar-refractivity contribution in [2.24, 2.45) is 0 Å². The molecule has 1 fully saturated rings. The van der Waals surface area contributed by atoms with Crippen molar-refractivity contribution < 1.29 is 9.47 Å². The van der Waals surface area contributed by atoms with Crippen LogP contribution in [-0.2, 0) is 11.3 Å². The monoisotopic (exact) mass is 460 g/mol. The molecule has 0 radical (unpaired) electrons. The van der Waals surface area contributed by atoms with Gasteiger partial charge in [0.25, 0.3) is 5.56 Å². The van der Waals surface area contributed by atoms with E-state index in [9.17, 15) is 4.79 Å². The largest absolute Gasteiger partial charge is 0.497 e. The highest BCUT2D eigenvalue weighted by molar-refractivity contribution is 5.83. The maximum absolute atomic E-state index is 13.4. The third-order valence-corrected chi connectivity index (χ3v) is 6.58. The molecule has 0 aliphatic carbocycles. The minimum Gasteiger partial charge on any atom is -0.497 e. The molecule has 2 aromatic heterocycles. The van der Waals surface area contributed by atoms with E-state index in [1.807, 2.05) is 50.2 Å². The van der Waals surface area contributed by atoms with Gasteiger partial charge >= 0.3 is 0 Å². The van der Waals surface area contributed by atoms with Gasteiger partial charge in [0.15, 0.2) is 5.82 Å². The Kier molecular flexibility index (Phi) is 6.12. The Morgan fingerprint density at radius 1 is 1.12 bits per heavy atom. The first-order chi connectivity index (χ1) is 16.5. The van der Waals surface area contributed by atoms with Gasteiger partial charge in [-0.2, -0.15) is 0 Å². The number of aryl methyl sites for hydroxylation is 2. The summed E-state index contributed by atoms with van der Waals surface area (Å²) in [7, 11) is 1.64. The highest BCUT2D eigenvalue weighted by Gasteiger charge is 2.31. The first-order valence-corrected chi connectivity index (χ1v) is 11.4. The maximum atomic E-state index is 13.4. The summed E-state index contributed by atoms with van der Waals surface area (Å²) >= 11 is 0. The lowest BCUT2D eigenvalue weighted by Crippen LogP contribution is -2.42. The number of fused-ring (bicyclic) bond motifs is 1. The van der Waals surface area contributed by atoms with Gasteiger partial charge in [0.1, 0.15) is 11.8 Å². The molecule has 1 saturated heterocycles. The zero-order valence-electron chi connectivity index (χ0n) is 19.6. The maximum Gasteiger partial charge on any atom is 0.253 e. The zero-order chi connectivity index (χ0) is 23.7. The lowest BCUT2D eigenvalue weighted by Gasteiger charge is -2.33. The van der Waals surface area contributed by atoms with E-state index in [-0.39, 0.29) is 5.56 Å². The average molecular weight is 461 g/mol. The standard InChI is InChI=1S/C25H28N6O3/c1-16-4-7-19-14-21(25(32)26-22(19)17(16)2)23(30-10-12-34-13-11-30)24-27-28-29-31(24)15-18-5-8-20(33-3)9-6-18/h4-9,14,23H,10-13,15H2,1-3H3,(H,26,32)/t23-/m0/s1. The van der Waals surface area contributed by atoms with E-state index >= 15 is 0 Å². The highest BCUT2D eigenvalue weighted by Crippen LogP contribution is 2.29. The number of aromatic nitrogens is 5. The van der Waals surface area contributed by atoms with Gasteiger partial charge in [-0.05, 0) is 64.5 Å². The summed E-state index contributed by atoms with van der Waals surface area (Å²) in [5, 5.41) is 13.6. The van der Waals surface area contributed by atoms with Crippen LogP contribution in [0.2, 0.25) is 0 Å². The Hall–Kier alpha value is -3.56. The highest BCUT2D eigenvalue weighted by atomic mass is 16.5. The van der Waals surface area contributed by atoms with Gasteiger partial charge in [0.05, 0.1) is 32.4 Å². The molecule has 5 rings (SSSR count). The first-order valence-electron chi connectivity index (χ1n) is 11.4. The second-order valence-corrected chi connectivity index (χ2v) is 8.62. The number of pyridine rings is 1. The van der Waals surface area contributed by atoms with Crippen molar-refractivity contribution >= 4 is 10.9 Å². The number of H-pyrrole nitrogens is 1. The molecule has 1 N–H and O–H groups in total. The lowest BCUT2D eigenvalue weighted by atomic mass is 10.00. The van der Waals surface area contributed by atoms with Crippen LogP contribution in [0.25, 0.3) is 10.9 Å². The van der Waals surface area contributed by atoms with Crippen LogP contribution in [0.5, 0.6) is 5.75 Å². The molecule has 1 atom stereocenters. The molecule has 0 amide bonds. The predicted octanol–water partition coefficient (Wildman–Crippen LogP) is 2.61. The van der Waals surface area contributed by atoms with E-state index < -0.39 is 6.04 Å². The van der Waals surface area contributed by atoms with E-state index in [0.717, 1.165) is 33.3 Å². The van der Waals surface area contributed by atoms with Gasteiger partial charge < -0.3 is 14.5 Å². The molecular weight excluding hydrogens is 432 g/mol. The molecule has 9 heteroatoms. The SMILES string of the molecule is COc1ccc(Cn2nnnc2[C@H](c2cc3ccc(C)c(C)c3[nH]c2=O)N2CCOCC2)cc1. The van der Waals surface area contributed by atoms with Crippen LogP contribution < -0.4 is 10.3 Å². The van der Waals surface area contributed by atoms with Gasteiger partial charge in [-0.3, -0.25) is 9.69 Å². The van der Waals surface area contributed by atoms with Crippen LogP contribution in [0.15, 0.2) is 47.3 Å². The number of aromatic amines is 1. The molecule has 0 saturated carbocycles. The van der Waals surface area contributed by atoms with Gasteiger partial charge in [-0.25, -0.2) is 4.68 Å². The average Bonchev–Trinajstić information content (AvgIpc) is 3.31. The quantitative estimate of drug-likeness (QED) is 0.472. The number of methoxy groups -OCH3 is 1. The molecule has 2 aromatic carbocycles. The fourth-order valence-electron chi connectivity index (χ4n) is 4.50. The topological polar surface area (TPSA) is 98.2 Å². The first kappa shape index (κ1) is 22.2. The van der Waals surface area contributed by atoms with Crippen molar-refractivity contribution in [3.63, 3.8) is 0 Å². The number of nitrogens with zero attached hydrogens (tertiary/aromatic N) is 5. The molecule has 0 bridgehead atoms. The summed E-state index contributed by atoms with van der Waals surface area (Å²) in [6.07, 6.45) is 0. The molecule has 1 aliphatic heterocycles. The number of hydrogen-bond acceptors (Lipinski definition) is 7. The van der Waals surface area contributed by atoms with E-state index in [1.54, 1.807) is 11.8 Å². The minimum atomic E-state index is -0.396. The summed E-state index contributed by atoms with van der Waals surface area (Å²) in [6.45, 7) is 7.12. The van der Waals surface area contributed by atoms with Gasteiger partial charge in [-0.1, -0.05) is 24.3 Å². The predicted molar refractivity (Wildman–Crippen MR) is 128 cm³/mol. The van der Waals surface area contributed by atoms with Crippen LogP contribution in [0.1, 0.15) is 34.1 Å². The number of tetrazole rings is 1. The number of benzene rings is 2. The van der Waals surface area contributed by atoms with Crippen LogP contribution >= 0.6 is 0 Å². The minimum absolute atomic E-state index is 0.128. The van der Waals surface area contributed by atoms with Crippen LogP contribution in [0, 0.1) is 13.8 Å². The fourth-order valence-corrected chi connectivity index (χ4v) is 4.50. The number of morpholine rings is 1. The van der Waals surface area contributed by atoms with Crippen molar-refractivity contribution in [3.05, 3.63) is 80.9 Å². The van der Waals surface area contributed by atoms with E-state index in [2.05, 4.69) is 31.5 Å².